The first-order valence-corrected chi connectivity index (χ1v) is 5.51. The molecule has 0 aliphatic heterocycles. The van der Waals surface area contributed by atoms with Gasteiger partial charge in [-0.15, -0.1) is 11.3 Å². The second kappa shape index (κ2) is 4.80. The Morgan fingerprint density at radius 1 is 1.62 bits per heavy atom. The molecule has 0 saturated heterocycles. The third kappa shape index (κ3) is 2.83. The summed E-state index contributed by atoms with van der Waals surface area (Å²) in [6, 6.07) is 3.93. The van der Waals surface area contributed by atoms with Crippen molar-refractivity contribution in [2.24, 2.45) is 0 Å². The largest absolute Gasteiger partial charge is 0.485 e. The molecular formula is C10H10N2O3S. The van der Waals surface area contributed by atoms with Gasteiger partial charge in [0.15, 0.2) is 5.75 Å². The number of thiophene rings is 1. The van der Waals surface area contributed by atoms with E-state index in [-0.39, 0.29) is 6.54 Å². The maximum absolute atomic E-state index is 10.4. The molecule has 0 amide bonds. The molecule has 2 aromatic rings. The van der Waals surface area contributed by atoms with E-state index >= 15 is 0 Å². The lowest BCUT2D eigenvalue weighted by atomic mass is 10.5. The molecule has 0 aliphatic rings. The summed E-state index contributed by atoms with van der Waals surface area (Å²) in [5, 5.41) is 14.4. The number of aliphatic carboxylic acids is 1. The molecule has 0 unspecified atom stereocenters. The summed E-state index contributed by atoms with van der Waals surface area (Å²) < 4.78 is 6.77. The van der Waals surface area contributed by atoms with Crippen LogP contribution in [0.3, 0.4) is 0 Å². The van der Waals surface area contributed by atoms with E-state index < -0.39 is 5.97 Å². The first-order chi connectivity index (χ1) is 7.74. The van der Waals surface area contributed by atoms with E-state index in [4.69, 9.17) is 9.84 Å². The van der Waals surface area contributed by atoms with E-state index in [1.165, 1.54) is 10.9 Å². The zero-order valence-corrected chi connectivity index (χ0v) is 9.18. The Bertz CT molecular complexity index is 464. The SMILES string of the molecule is O=C(O)Cn1cc(OCc2cccs2)cn1. The highest BCUT2D eigenvalue weighted by Gasteiger charge is 2.03. The molecule has 2 aromatic heterocycles. The molecule has 5 nitrogen and oxygen atoms in total. The number of ether oxygens (including phenoxy) is 1. The normalized spacial score (nSPS) is 10.2. The van der Waals surface area contributed by atoms with Gasteiger partial charge in [0.1, 0.15) is 13.2 Å². The van der Waals surface area contributed by atoms with Crippen molar-refractivity contribution in [3.05, 3.63) is 34.8 Å². The minimum absolute atomic E-state index is 0.150. The van der Waals surface area contributed by atoms with Crippen molar-refractivity contribution in [3.63, 3.8) is 0 Å². The molecule has 0 saturated carbocycles. The fraction of sp³-hybridized carbons (Fsp3) is 0.200. The Hall–Kier alpha value is -1.82. The lowest BCUT2D eigenvalue weighted by Crippen LogP contribution is -2.08. The van der Waals surface area contributed by atoms with Crippen molar-refractivity contribution in [1.82, 2.24) is 9.78 Å². The molecule has 0 aliphatic carbocycles. The highest BCUT2D eigenvalue weighted by molar-refractivity contribution is 7.09. The van der Waals surface area contributed by atoms with Gasteiger partial charge in [-0.2, -0.15) is 5.10 Å². The van der Waals surface area contributed by atoms with Gasteiger partial charge in [-0.1, -0.05) is 6.07 Å². The molecule has 0 radical (unpaired) electrons. The minimum Gasteiger partial charge on any atom is -0.485 e. The van der Waals surface area contributed by atoms with E-state index in [9.17, 15) is 4.79 Å². The number of carboxylic acids is 1. The van der Waals surface area contributed by atoms with E-state index in [1.54, 1.807) is 17.5 Å². The van der Waals surface area contributed by atoms with Crippen molar-refractivity contribution in [1.29, 1.82) is 0 Å². The molecule has 0 atom stereocenters. The van der Waals surface area contributed by atoms with Crippen molar-refractivity contribution in [3.8, 4) is 5.75 Å². The van der Waals surface area contributed by atoms with Gasteiger partial charge in [-0.3, -0.25) is 9.48 Å². The van der Waals surface area contributed by atoms with Gasteiger partial charge in [0.05, 0.1) is 12.4 Å². The summed E-state index contributed by atoms with van der Waals surface area (Å²) in [5.41, 5.74) is 0. The van der Waals surface area contributed by atoms with Gasteiger partial charge >= 0.3 is 5.97 Å². The van der Waals surface area contributed by atoms with E-state index in [2.05, 4.69) is 5.10 Å². The average molecular weight is 238 g/mol. The van der Waals surface area contributed by atoms with Crippen LogP contribution in [-0.4, -0.2) is 20.9 Å². The van der Waals surface area contributed by atoms with E-state index in [0.717, 1.165) is 4.88 Å². The predicted octanol–water partition coefficient (Wildman–Crippen LogP) is 1.61. The van der Waals surface area contributed by atoms with Crippen molar-refractivity contribution in [2.75, 3.05) is 0 Å². The fourth-order valence-corrected chi connectivity index (χ4v) is 1.81. The highest BCUT2D eigenvalue weighted by atomic mass is 32.1. The monoisotopic (exact) mass is 238 g/mol. The number of aromatic nitrogens is 2. The van der Waals surface area contributed by atoms with Gasteiger partial charge in [0.2, 0.25) is 0 Å². The van der Waals surface area contributed by atoms with Crippen LogP contribution in [0.4, 0.5) is 0 Å². The zero-order chi connectivity index (χ0) is 11.4. The topological polar surface area (TPSA) is 64.3 Å². The zero-order valence-electron chi connectivity index (χ0n) is 8.37. The van der Waals surface area contributed by atoms with Gasteiger partial charge in [-0.05, 0) is 11.4 Å². The Kier molecular flexibility index (Phi) is 3.21. The number of hydrogen-bond acceptors (Lipinski definition) is 4. The summed E-state index contributed by atoms with van der Waals surface area (Å²) in [6.45, 7) is 0.332. The van der Waals surface area contributed by atoms with Crippen LogP contribution >= 0.6 is 11.3 Å². The summed E-state index contributed by atoms with van der Waals surface area (Å²) in [4.78, 5) is 11.5. The van der Waals surface area contributed by atoms with Gasteiger partial charge in [0, 0.05) is 4.88 Å². The Labute approximate surface area is 95.9 Å². The Morgan fingerprint density at radius 3 is 3.19 bits per heavy atom. The third-order valence-electron chi connectivity index (χ3n) is 1.87. The molecule has 16 heavy (non-hydrogen) atoms. The maximum atomic E-state index is 10.4. The van der Waals surface area contributed by atoms with Crippen LogP contribution in [0.15, 0.2) is 29.9 Å². The lowest BCUT2D eigenvalue weighted by molar-refractivity contribution is -0.137. The van der Waals surface area contributed by atoms with Crippen molar-refractivity contribution >= 4 is 17.3 Å². The molecule has 6 heteroatoms. The summed E-state index contributed by atoms with van der Waals surface area (Å²) in [6.07, 6.45) is 3.08. The molecule has 0 aromatic carbocycles. The van der Waals surface area contributed by atoms with Gasteiger partial charge in [0.25, 0.3) is 0 Å². The maximum Gasteiger partial charge on any atom is 0.325 e. The van der Waals surface area contributed by atoms with Crippen LogP contribution in [-0.2, 0) is 17.9 Å². The standard InChI is InChI=1S/C10H10N2O3S/c13-10(14)6-12-5-8(4-11-12)15-7-9-2-1-3-16-9/h1-5H,6-7H2,(H,13,14). The number of hydrogen-bond donors (Lipinski definition) is 1. The highest BCUT2D eigenvalue weighted by Crippen LogP contribution is 2.14. The second-order valence-electron chi connectivity index (χ2n) is 3.14. The first kappa shape index (κ1) is 10.7. The number of carboxylic acid groups (broad SMARTS) is 1. The van der Waals surface area contributed by atoms with Gasteiger partial charge in [-0.25, -0.2) is 0 Å². The van der Waals surface area contributed by atoms with Crippen LogP contribution in [0.1, 0.15) is 4.88 Å². The molecule has 2 heterocycles. The molecule has 84 valence electrons. The van der Waals surface area contributed by atoms with Crippen LogP contribution in [0, 0.1) is 0 Å². The number of nitrogens with zero attached hydrogens (tertiary/aromatic N) is 2. The van der Waals surface area contributed by atoms with Gasteiger partial charge < -0.3 is 9.84 Å². The van der Waals surface area contributed by atoms with Crippen LogP contribution in [0.5, 0.6) is 5.75 Å². The summed E-state index contributed by atoms with van der Waals surface area (Å²) >= 11 is 1.61. The molecule has 0 fully saturated rings. The number of rotatable bonds is 5. The molecule has 2 rings (SSSR count). The van der Waals surface area contributed by atoms with Crippen LogP contribution < -0.4 is 4.74 Å². The number of carbonyl (C=O) groups is 1. The quantitative estimate of drug-likeness (QED) is 0.859. The van der Waals surface area contributed by atoms with Crippen molar-refractivity contribution in [2.45, 2.75) is 13.2 Å². The van der Waals surface area contributed by atoms with E-state index in [1.807, 2.05) is 17.5 Å². The molecular weight excluding hydrogens is 228 g/mol. The Balaban J connectivity index is 1.90. The molecule has 0 bridgehead atoms. The second-order valence-corrected chi connectivity index (χ2v) is 4.17. The van der Waals surface area contributed by atoms with Crippen LogP contribution in [0.2, 0.25) is 0 Å². The van der Waals surface area contributed by atoms with E-state index in [0.29, 0.717) is 12.4 Å². The summed E-state index contributed by atoms with van der Waals surface area (Å²) in [5.74, 6) is -0.345. The van der Waals surface area contributed by atoms with Crippen molar-refractivity contribution < 1.29 is 14.6 Å². The Morgan fingerprint density at radius 2 is 2.50 bits per heavy atom. The minimum atomic E-state index is -0.923. The average Bonchev–Trinajstić information content (AvgIpc) is 2.84. The molecule has 1 N–H and O–H groups in total. The fourth-order valence-electron chi connectivity index (χ4n) is 1.19. The van der Waals surface area contributed by atoms with Crippen LogP contribution in [0.25, 0.3) is 0 Å². The smallest absolute Gasteiger partial charge is 0.325 e. The lowest BCUT2D eigenvalue weighted by Gasteiger charge is -1.99. The summed E-state index contributed by atoms with van der Waals surface area (Å²) in [7, 11) is 0. The molecule has 0 spiro atoms. The predicted molar refractivity (Wildman–Crippen MR) is 58.5 cm³/mol. The first-order valence-electron chi connectivity index (χ1n) is 4.63. The third-order valence-corrected chi connectivity index (χ3v) is 2.72.